The van der Waals surface area contributed by atoms with E-state index in [1.54, 1.807) is 0 Å². The first-order valence-corrected chi connectivity index (χ1v) is 17.0. The van der Waals surface area contributed by atoms with Gasteiger partial charge in [-0.05, 0) is 54.8 Å². The van der Waals surface area contributed by atoms with Crippen LogP contribution in [-0.2, 0) is 44.4 Å². The SMILES string of the molecule is COc1cc(C=CC(=O)OC2C(COC3OCC(O)(CO)C3O)OC(OCCc3ccc(O)c(O)c3)C(O)C2OC2OC(C)C(O)C(O)C2O)ccc1O. The minimum Gasteiger partial charge on any atom is -0.504 e. The van der Waals surface area contributed by atoms with Gasteiger partial charge in [-0.3, -0.25) is 0 Å². The maximum Gasteiger partial charge on any atom is 0.331 e. The van der Waals surface area contributed by atoms with E-state index in [-0.39, 0.29) is 36.0 Å². The molecule has 19 nitrogen and oxygen atoms in total. The molecule has 0 saturated carbocycles. The largest absolute Gasteiger partial charge is 0.504 e. The number of carbonyl (C=O) groups is 1. The van der Waals surface area contributed by atoms with Gasteiger partial charge in [-0.2, -0.15) is 0 Å². The van der Waals surface area contributed by atoms with Crippen molar-refractivity contribution in [3.8, 4) is 23.0 Å². The third kappa shape index (κ3) is 9.40. The van der Waals surface area contributed by atoms with E-state index in [0.29, 0.717) is 11.1 Å². The second kappa shape index (κ2) is 17.9. The van der Waals surface area contributed by atoms with E-state index in [9.17, 15) is 55.9 Å². The maximum absolute atomic E-state index is 13.3. The van der Waals surface area contributed by atoms with Crippen LogP contribution < -0.4 is 4.74 Å². The summed E-state index contributed by atoms with van der Waals surface area (Å²) in [4.78, 5) is 13.3. The number of methoxy groups -OCH3 is 1. The molecule has 3 fully saturated rings. The zero-order chi connectivity index (χ0) is 39.3. The number of hydrogen-bond donors (Lipinski definition) is 10. The minimum absolute atomic E-state index is 0.130. The van der Waals surface area contributed by atoms with Crippen molar-refractivity contribution in [1.29, 1.82) is 0 Å². The van der Waals surface area contributed by atoms with Crippen LogP contribution in [0.5, 0.6) is 23.0 Å². The first-order chi connectivity index (χ1) is 25.6. The number of hydrogen-bond acceptors (Lipinski definition) is 19. The molecule has 0 amide bonds. The molecule has 3 saturated heterocycles. The van der Waals surface area contributed by atoms with Crippen molar-refractivity contribution in [1.82, 2.24) is 0 Å². The molecule has 300 valence electrons. The third-order valence-electron chi connectivity index (χ3n) is 9.30. The molecule has 2 aromatic rings. The quantitative estimate of drug-likeness (QED) is 0.0552. The summed E-state index contributed by atoms with van der Waals surface area (Å²) < 4.78 is 45.4. The van der Waals surface area contributed by atoms with Gasteiger partial charge in [-0.15, -0.1) is 0 Å². The lowest BCUT2D eigenvalue weighted by atomic mass is 9.96. The zero-order valence-corrected chi connectivity index (χ0v) is 29.2. The van der Waals surface area contributed by atoms with Gasteiger partial charge in [-0.1, -0.05) is 12.1 Å². The predicted molar refractivity (Wildman–Crippen MR) is 179 cm³/mol. The normalized spacial score (nSPS) is 35.6. The van der Waals surface area contributed by atoms with Crippen LogP contribution in [0.4, 0.5) is 0 Å². The highest BCUT2D eigenvalue weighted by molar-refractivity contribution is 5.87. The average molecular weight is 771 g/mol. The first-order valence-electron chi connectivity index (χ1n) is 17.0. The number of ether oxygens (including phenoxy) is 8. The lowest BCUT2D eigenvalue weighted by Crippen LogP contribution is -2.65. The van der Waals surface area contributed by atoms with Gasteiger partial charge >= 0.3 is 5.97 Å². The van der Waals surface area contributed by atoms with E-state index in [2.05, 4.69) is 0 Å². The van der Waals surface area contributed by atoms with Crippen molar-refractivity contribution in [2.45, 2.75) is 92.8 Å². The molecular formula is C35H46O19. The molecule has 3 aliphatic heterocycles. The standard InChI is InChI=1S/C35H46O19/c1-16-25(41)26(42)27(43)33(51-16)54-30-28(44)32(48-10-9-18-3-6-19(37)21(39)11-18)52-23(13-49-34-31(45)35(46,14-36)15-50-34)29(30)53-24(40)8-5-17-4-7-20(38)22(12-17)47-2/h3-8,11-12,16,23,25-34,36-39,41-46H,9-10,13-15H2,1-2H3. The molecular weight excluding hydrogens is 724 g/mol. The Labute approximate surface area is 308 Å². The monoisotopic (exact) mass is 770 g/mol. The van der Waals surface area contributed by atoms with Crippen LogP contribution in [0.25, 0.3) is 6.08 Å². The van der Waals surface area contributed by atoms with E-state index in [1.807, 2.05) is 0 Å². The molecule has 0 aromatic heterocycles. The van der Waals surface area contributed by atoms with E-state index in [4.69, 9.17) is 37.9 Å². The molecule has 0 aliphatic carbocycles. The van der Waals surface area contributed by atoms with Crippen LogP contribution in [-0.4, -0.2) is 170 Å². The Balaban J connectivity index is 1.42. The Bertz CT molecular complexity index is 1590. The van der Waals surface area contributed by atoms with Crippen molar-refractivity contribution in [2.24, 2.45) is 0 Å². The number of phenolic OH excluding ortho intramolecular Hbond substituents is 3. The lowest BCUT2D eigenvalue weighted by Gasteiger charge is -2.46. The molecule has 5 rings (SSSR count). The molecule has 3 heterocycles. The second-order valence-electron chi connectivity index (χ2n) is 13.1. The fourth-order valence-corrected chi connectivity index (χ4v) is 6.02. The molecule has 0 spiro atoms. The van der Waals surface area contributed by atoms with Gasteiger partial charge in [0, 0.05) is 6.08 Å². The van der Waals surface area contributed by atoms with Gasteiger partial charge < -0.3 is 89.0 Å². The van der Waals surface area contributed by atoms with E-state index < -0.39 is 105 Å². The number of aliphatic hydroxyl groups is 7. The molecule has 13 atom stereocenters. The van der Waals surface area contributed by atoms with E-state index in [0.717, 1.165) is 6.08 Å². The van der Waals surface area contributed by atoms with Crippen LogP contribution >= 0.6 is 0 Å². The second-order valence-corrected chi connectivity index (χ2v) is 13.1. The number of esters is 1. The number of rotatable bonds is 14. The van der Waals surface area contributed by atoms with Crippen LogP contribution in [0.3, 0.4) is 0 Å². The van der Waals surface area contributed by atoms with Crippen LogP contribution in [0, 0.1) is 0 Å². The lowest BCUT2D eigenvalue weighted by molar-refractivity contribution is -0.360. The molecule has 13 unspecified atom stereocenters. The Morgan fingerprint density at radius 1 is 0.870 bits per heavy atom. The van der Waals surface area contributed by atoms with Crippen molar-refractivity contribution >= 4 is 12.0 Å². The number of aromatic hydroxyl groups is 3. The topological polar surface area (TPSA) is 293 Å². The molecule has 10 N–H and O–H groups in total. The summed E-state index contributed by atoms with van der Waals surface area (Å²) in [6.45, 7) is -0.662. The molecule has 19 heteroatoms. The van der Waals surface area contributed by atoms with Gasteiger partial charge in [0.1, 0.15) is 48.3 Å². The zero-order valence-electron chi connectivity index (χ0n) is 29.2. The van der Waals surface area contributed by atoms with Crippen molar-refractivity contribution in [3.05, 3.63) is 53.6 Å². The minimum atomic E-state index is -2.04. The molecule has 2 aromatic carbocycles. The Kier molecular flexibility index (Phi) is 13.7. The number of carbonyl (C=O) groups excluding carboxylic acids is 1. The van der Waals surface area contributed by atoms with Gasteiger partial charge in [0.05, 0.1) is 39.6 Å². The molecule has 0 radical (unpaired) electrons. The molecule has 0 bridgehead atoms. The highest BCUT2D eigenvalue weighted by atomic mass is 16.8. The summed E-state index contributed by atoms with van der Waals surface area (Å²) in [5.74, 6) is -1.72. The van der Waals surface area contributed by atoms with Crippen molar-refractivity contribution in [3.63, 3.8) is 0 Å². The molecule has 54 heavy (non-hydrogen) atoms. The number of phenols is 3. The Morgan fingerprint density at radius 2 is 1.61 bits per heavy atom. The van der Waals surface area contributed by atoms with Gasteiger partial charge in [0.25, 0.3) is 0 Å². The molecule has 3 aliphatic rings. The van der Waals surface area contributed by atoms with Crippen molar-refractivity contribution in [2.75, 3.05) is 33.5 Å². The predicted octanol–water partition coefficient (Wildman–Crippen LogP) is -2.25. The number of benzene rings is 2. The average Bonchev–Trinajstić information content (AvgIpc) is 3.44. The maximum atomic E-state index is 13.3. The van der Waals surface area contributed by atoms with E-state index >= 15 is 0 Å². The summed E-state index contributed by atoms with van der Waals surface area (Å²) in [7, 11) is 1.34. The fraction of sp³-hybridized carbons (Fsp3) is 0.571. The van der Waals surface area contributed by atoms with E-state index in [1.165, 1.54) is 56.5 Å². The number of aliphatic hydroxyl groups excluding tert-OH is 6. The summed E-state index contributed by atoms with van der Waals surface area (Å²) >= 11 is 0. The highest BCUT2D eigenvalue weighted by Crippen LogP contribution is 2.34. The summed E-state index contributed by atoms with van der Waals surface area (Å²) in [6, 6.07) is 8.39. The van der Waals surface area contributed by atoms with Crippen LogP contribution in [0.15, 0.2) is 42.5 Å². The highest BCUT2D eigenvalue weighted by Gasteiger charge is 2.54. The third-order valence-corrected chi connectivity index (χ3v) is 9.30. The Morgan fingerprint density at radius 3 is 2.30 bits per heavy atom. The van der Waals surface area contributed by atoms with Crippen LogP contribution in [0.2, 0.25) is 0 Å². The Hall–Kier alpha value is -3.67. The summed E-state index contributed by atoms with van der Waals surface area (Å²) in [5.41, 5.74) is -1.08. The summed E-state index contributed by atoms with van der Waals surface area (Å²) in [6.07, 6.45) is -16.6. The smallest absolute Gasteiger partial charge is 0.331 e. The van der Waals surface area contributed by atoms with Gasteiger partial charge in [0.15, 0.2) is 48.0 Å². The van der Waals surface area contributed by atoms with Gasteiger partial charge in [-0.25, -0.2) is 4.79 Å². The van der Waals surface area contributed by atoms with Crippen molar-refractivity contribution < 1.29 is 93.8 Å². The van der Waals surface area contributed by atoms with Gasteiger partial charge in [0.2, 0.25) is 0 Å². The van der Waals surface area contributed by atoms with Crippen LogP contribution in [0.1, 0.15) is 18.1 Å². The fourth-order valence-electron chi connectivity index (χ4n) is 6.02. The summed E-state index contributed by atoms with van der Waals surface area (Å²) in [5, 5.41) is 103. The first kappa shape index (κ1) is 41.5.